The van der Waals surface area contributed by atoms with E-state index in [4.69, 9.17) is 10.8 Å². The number of imidazole rings is 2. The fraction of sp³-hybridized carbons (Fsp3) is 0.474. The lowest BCUT2D eigenvalue weighted by Crippen LogP contribution is -2.60. The van der Waals surface area contributed by atoms with Crippen molar-refractivity contribution in [3.8, 4) is 0 Å². The first-order chi connectivity index (χ1) is 16.1. The quantitative estimate of drug-likeness (QED) is 0.135. The zero-order valence-corrected chi connectivity index (χ0v) is 18.3. The summed E-state index contributed by atoms with van der Waals surface area (Å²) in [6.07, 6.45) is 3.95. The van der Waals surface area contributed by atoms with E-state index in [-0.39, 0.29) is 12.8 Å². The van der Waals surface area contributed by atoms with Gasteiger partial charge in [0.15, 0.2) is 0 Å². The fourth-order valence-corrected chi connectivity index (χ4v) is 2.92. The number of nitrogens with zero attached hydrogens (tertiary/aromatic N) is 2. The third-order valence-corrected chi connectivity index (χ3v) is 4.80. The molecule has 0 spiro atoms. The number of aromatic amines is 2. The van der Waals surface area contributed by atoms with Gasteiger partial charge in [0.05, 0.1) is 25.4 Å². The minimum Gasteiger partial charge on any atom is -0.480 e. The van der Waals surface area contributed by atoms with Crippen molar-refractivity contribution in [2.45, 2.75) is 50.0 Å². The zero-order valence-electron chi connectivity index (χ0n) is 18.3. The summed E-state index contributed by atoms with van der Waals surface area (Å²) in [6.45, 7) is 0.579. The predicted molar refractivity (Wildman–Crippen MR) is 115 cm³/mol. The lowest BCUT2D eigenvalue weighted by atomic mass is 10.1. The molecule has 3 amide bonds. The van der Waals surface area contributed by atoms with Gasteiger partial charge in [0.25, 0.3) is 0 Å². The van der Waals surface area contributed by atoms with E-state index >= 15 is 0 Å². The Morgan fingerprint density at radius 1 is 0.941 bits per heavy atom. The van der Waals surface area contributed by atoms with Crippen LogP contribution in [-0.2, 0) is 32.0 Å². The van der Waals surface area contributed by atoms with Crippen LogP contribution in [0.5, 0.6) is 0 Å². The number of amides is 3. The summed E-state index contributed by atoms with van der Waals surface area (Å²) < 4.78 is 0. The molecule has 0 aliphatic rings. The number of aliphatic carboxylic acids is 1. The highest BCUT2D eigenvalue weighted by molar-refractivity contribution is 5.94. The second kappa shape index (κ2) is 12.4. The Kier molecular flexibility index (Phi) is 9.66. The number of aliphatic hydroxyl groups is 2. The molecular weight excluding hydrogens is 452 g/mol. The number of nitrogens with one attached hydrogen (secondary N) is 5. The molecule has 15 heteroatoms. The average Bonchev–Trinajstić information content (AvgIpc) is 3.49. The van der Waals surface area contributed by atoms with Gasteiger partial charge in [0.2, 0.25) is 17.7 Å². The van der Waals surface area contributed by atoms with Gasteiger partial charge in [-0.3, -0.25) is 14.4 Å². The van der Waals surface area contributed by atoms with Gasteiger partial charge in [-0.25, -0.2) is 14.8 Å². The molecule has 0 aliphatic heterocycles. The molecule has 186 valence electrons. The highest BCUT2D eigenvalue weighted by atomic mass is 16.4. The molecule has 2 rings (SSSR count). The molecule has 5 atom stereocenters. The van der Waals surface area contributed by atoms with Crippen molar-refractivity contribution in [1.82, 2.24) is 35.9 Å². The van der Waals surface area contributed by atoms with Crippen molar-refractivity contribution in [3.05, 3.63) is 36.4 Å². The van der Waals surface area contributed by atoms with Crippen LogP contribution >= 0.6 is 0 Å². The minimum atomic E-state index is -1.54. The third kappa shape index (κ3) is 7.65. The van der Waals surface area contributed by atoms with Gasteiger partial charge in [0.1, 0.15) is 24.2 Å². The molecule has 0 aliphatic carbocycles. The molecule has 10 N–H and O–H groups in total. The van der Waals surface area contributed by atoms with Crippen molar-refractivity contribution in [2.24, 2.45) is 5.73 Å². The summed E-state index contributed by atoms with van der Waals surface area (Å²) in [6, 6.07) is -5.44. The Balaban J connectivity index is 2.13. The second-order valence-electron chi connectivity index (χ2n) is 7.54. The number of hydrogen-bond donors (Lipinski definition) is 9. The molecule has 15 nitrogen and oxygen atoms in total. The van der Waals surface area contributed by atoms with Crippen molar-refractivity contribution in [3.63, 3.8) is 0 Å². The van der Waals surface area contributed by atoms with Crippen molar-refractivity contribution < 1.29 is 34.5 Å². The lowest BCUT2D eigenvalue weighted by Gasteiger charge is -2.26. The highest BCUT2D eigenvalue weighted by Crippen LogP contribution is 2.04. The number of rotatable bonds is 13. The summed E-state index contributed by atoms with van der Waals surface area (Å²) in [7, 11) is 0. The highest BCUT2D eigenvalue weighted by Gasteiger charge is 2.33. The largest absolute Gasteiger partial charge is 0.480 e. The van der Waals surface area contributed by atoms with Crippen LogP contribution in [0.4, 0.5) is 0 Å². The van der Waals surface area contributed by atoms with E-state index in [2.05, 4.69) is 35.9 Å². The number of carbonyl (C=O) groups is 4. The van der Waals surface area contributed by atoms with E-state index in [9.17, 15) is 29.4 Å². The van der Waals surface area contributed by atoms with Gasteiger partial charge in [-0.05, 0) is 6.92 Å². The third-order valence-electron chi connectivity index (χ3n) is 4.80. The summed E-state index contributed by atoms with van der Waals surface area (Å²) in [5.41, 5.74) is 6.42. The van der Waals surface area contributed by atoms with Crippen LogP contribution in [0.1, 0.15) is 18.3 Å². The molecular formula is C19H28N8O7. The molecule has 5 unspecified atom stereocenters. The summed E-state index contributed by atoms with van der Waals surface area (Å²) >= 11 is 0. The van der Waals surface area contributed by atoms with E-state index in [0.29, 0.717) is 11.4 Å². The molecule has 2 heterocycles. The maximum atomic E-state index is 12.9. The Morgan fingerprint density at radius 2 is 1.47 bits per heavy atom. The smallest absolute Gasteiger partial charge is 0.326 e. The molecule has 0 radical (unpaired) electrons. The number of nitrogens with two attached hydrogens (primary N) is 1. The van der Waals surface area contributed by atoms with Crippen LogP contribution in [0.3, 0.4) is 0 Å². The molecule has 0 saturated heterocycles. The van der Waals surface area contributed by atoms with Gasteiger partial charge in [-0.15, -0.1) is 0 Å². The van der Waals surface area contributed by atoms with Crippen LogP contribution < -0.4 is 21.7 Å². The van der Waals surface area contributed by atoms with Crippen molar-refractivity contribution in [1.29, 1.82) is 0 Å². The Labute approximate surface area is 193 Å². The normalized spacial score (nSPS) is 15.4. The molecule has 2 aromatic heterocycles. The lowest BCUT2D eigenvalue weighted by molar-refractivity contribution is -0.143. The maximum absolute atomic E-state index is 12.9. The monoisotopic (exact) mass is 480 g/mol. The number of H-pyrrole nitrogens is 2. The first kappa shape index (κ1) is 26.4. The first-order valence-corrected chi connectivity index (χ1v) is 10.2. The Morgan fingerprint density at radius 3 is 1.91 bits per heavy atom. The summed E-state index contributed by atoms with van der Waals surface area (Å²) in [5, 5.41) is 35.6. The van der Waals surface area contributed by atoms with Gasteiger partial charge < -0.3 is 47.0 Å². The van der Waals surface area contributed by atoms with Gasteiger partial charge in [-0.2, -0.15) is 0 Å². The molecule has 34 heavy (non-hydrogen) atoms. The van der Waals surface area contributed by atoms with Crippen molar-refractivity contribution >= 4 is 23.7 Å². The second-order valence-corrected chi connectivity index (χ2v) is 7.54. The van der Waals surface area contributed by atoms with Crippen LogP contribution in [0.25, 0.3) is 0 Å². The van der Waals surface area contributed by atoms with E-state index in [1.807, 2.05) is 0 Å². The molecule has 0 fully saturated rings. The fourth-order valence-electron chi connectivity index (χ4n) is 2.92. The number of carboxylic acid groups (broad SMARTS) is 1. The van der Waals surface area contributed by atoms with Crippen LogP contribution in [0.15, 0.2) is 25.0 Å². The molecule has 0 saturated carbocycles. The van der Waals surface area contributed by atoms with Gasteiger partial charge >= 0.3 is 5.97 Å². The van der Waals surface area contributed by atoms with Crippen LogP contribution in [0.2, 0.25) is 0 Å². The number of carboxylic acids is 1. The topological polar surface area (TPSA) is 248 Å². The maximum Gasteiger partial charge on any atom is 0.326 e. The number of carbonyl (C=O) groups excluding carboxylic acids is 3. The number of hydrogen-bond acceptors (Lipinski definition) is 9. The average molecular weight is 480 g/mol. The minimum absolute atomic E-state index is 0.0680. The Bertz CT molecular complexity index is 948. The predicted octanol–water partition coefficient (Wildman–Crippen LogP) is -3.84. The Hall–Kier alpha value is -3.82. The summed E-state index contributed by atoms with van der Waals surface area (Å²) in [5.74, 6) is -3.95. The molecule has 2 aromatic rings. The van der Waals surface area contributed by atoms with Gasteiger partial charge in [-0.1, -0.05) is 0 Å². The van der Waals surface area contributed by atoms with Crippen molar-refractivity contribution in [2.75, 3.05) is 6.61 Å². The van der Waals surface area contributed by atoms with E-state index in [1.165, 1.54) is 32.0 Å². The van der Waals surface area contributed by atoms with Crippen LogP contribution in [0, 0.1) is 0 Å². The molecule has 0 aromatic carbocycles. The number of aromatic nitrogens is 4. The summed E-state index contributed by atoms with van der Waals surface area (Å²) in [4.78, 5) is 62.5. The SMILES string of the molecule is CC(O)C(NC(=O)C(Cc1cnc[nH]1)NC(=O)C(N)CO)C(=O)NC(Cc1cnc[nH]1)C(=O)O. The van der Waals surface area contributed by atoms with Crippen LogP contribution in [-0.4, -0.2) is 95.8 Å². The molecule has 0 bridgehead atoms. The van der Waals surface area contributed by atoms with E-state index in [0.717, 1.165) is 0 Å². The standard InChI is InChI=1S/C19H28N8O7/c1-9(29)15(18(32)26-14(19(33)34)3-11-5-22-8-24-11)27-17(31)13(2-10-4-21-7-23-10)25-16(30)12(20)6-28/h4-5,7-9,12-15,28-29H,2-3,6,20H2,1H3,(H,21,23)(H,22,24)(H,25,30)(H,26,32)(H,27,31)(H,33,34). The van der Waals surface area contributed by atoms with E-state index < -0.39 is 60.6 Å². The first-order valence-electron chi connectivity index (χ1n) is 10.2. The van der Waals surface area contributed by atoms with E-state index in [1.54, 1.807) is 0 Å². The van der Waals surface area contributed by atoms with Gasteiger partial charge in [0, 0.05) is 36.6 Å². The zero-order chi connectivity index (χ0) is 25.3. The number of aliphatic hydroxyl groups excluding tert-OH is 2.